The lowest BCUT2D eigenvalue weighted by molar-refractivity contribution is -0.157. The first-order valence-electron chi connectivity index (χ1n) is 4.40. The lowest BCUT2D eigenvalue weighted by Gasteiger charge is -2.26. The predicted molar refractivity (Wildman–Crippen MR) is 49.0 cm³/mol. The normalized spacial score (nSPS) is 19.2. The Kier molecular flexibility index (Phi) is 2.06. The van der Waals surface area contributed by atoms with Crippen LogP contribution in [0.2, 0.25) is 0 Å². The van der Waals surface area contributed by atoms with Crippen LogP contribution in [0.3, 0.4) is 0 Å². The summed E-state index contributed by atoms with van der Waals surface area (Å²) in [5.41, 5.74) is -2.50. The molecule has 1 aliphatic heterocycles. The molecule has 2 rings (SSSR count). The first-order chi connectivity index (χ1) is 7.44. The van der Waals surface area contributed by atoms with E-state index in [1.165, 1.54) is 12.1 Å². The summed E-state index contributed by atoms with van der Waals surface area (Å²) in [5.74, 6) is -2.06. The van der Waals surface area contributed by atoms with Gasteiger partial charge in [-0.1, -0.05) is 0 Å². The summed E-state index contributed by atoms with van der Waals surface area (Å²) in [6.45, 7) is 1.59. The fourth-order valence-electron chi connectivity index (χ4n) is 1.37. The summed E-state index contributed by atoms with van der Waals surface area (Å²) in [4.78, 5) is 33.7. The van der Waals surface area contributed by atoms with Gasteiger partial charge in [0.2, 0.25) is 0 Å². The van der Waals surface area contributed by atoms with Gasteiger partial charge in [0.05, 0.1) is 0 Å². The molecule has 1 fully saturated rings. The van der Waals surface area contributed by atoms with Crippen LogP contribution in [0.1, 0.15) is 11.5 Å². The molecule has 16 heavy (non-hydrogen) atoms. The van der Waals surface area contributed by atoms with Gasteiger partial charge in [-0.05, 0) is 19.1 Å². The summed E-state index contributed by atoms with van der Waals surface area (Å²) < 4.78 is 5.02. The van der Waals surface area contributed by atoms with Crippen molar-refractivity contribution in [2.45, 2.75) is 12.5 Å². The van der Waals surface area contributed by atoms with Crippen LogP contribution in [-0.2, 0) is 15.2 Å². The molecular formula is C9H8N2O5. The molecule has 2 heterocycles. The Morgan fingerprint density at radius 3 is 2.19 bits per heavy atom. The molecule has 0 unspecified atom stereocenters. The summed E-state index contributed by atoms with van der Waals surface area (Å²) in [6.07, 6.45) is 0. The Morgan fingerprint density at radius 1 is 1.19 bits per heavy atom. The van der Waals surface area contributed by atoms with E-state index < -0.39 is 23.4 Å². The second-order valence-electron chi connectivity index (χ2n) is 3.36. The maximum Gasteiger partial charge on any atom is 0.328 e. The van der Waals surface area contributed by atoms with Gasteiger partial charge in [0.15, 0.2) is 5.76 Å². The maximum atomic E-state index is 11.4. The van der Waals surface area contributed by atoms with Crippen molar-refractivity contribution in [2.75, 3.05) is 0 Å². The minimum atomic E-state index is -2.50. The van der Waals surface area contributed by atoms with E-state index in [1.54, 1.807) is 17.6 Å². The van der Waals surface area contributed by atoms with Crippen molar-refractivity contribution < 1.29 is 23.9 Å². The predicted octanol–water partition coefficient (Wildman–Crippen LogP) is -0.858. The largest absolute Gasteiger partial charge is 0.462 e. The third-order valence-corrected chi connectivity index (χ3v) is 2.21. The van der Waals surface area contributed by atoms with Gasteiger partial charge in [-0.2, -0.15) is 0 Å². The van der Waals surface area contributed by atoms with E-state index in [0.717, 1.165) is 0 Å². The van der Waals surface area contributed by atoms with E-state index in [9.17, 15) is 19.5 Å². The van der Waals surface area contributed by atoms with Crippen molar-refractivity contribution >= 4 is 17.8 Å². The third-order valence-electron chi connectivity index (χ3n) is 2.21. The topological polar surface area (TPSA) is 109 Å². The third kappa shape index (κ3) is 1.29. The lowest BCUT2D eigenvalue weighted by Crippen LogP contribution is -2.64. The number of carbonyl (C=O) groups is 3. The van der Waals surface area contributed by atoms with E-state index in [0.29, 0.717) is 5.76 Å². The van der Waals surface area contributed by atoms with Gasteiger partial charge in [-0.15, -0.1) is 0 Å². The number of barbiturate groups is 1. The smallest absolute Gasteiger partial charge is 0.328 e. The molecule has 7 heteroatoms. The number of furan rings is 1. The molecule has 0 radical (unpaired) electrons. The Morgan fingerprint density at radius 2 is 1.75 bits per heavy atom. The van der Waals surface area contributed by atoms with Crippen molar-refractivity contribution in [1.29, 1.82) is 0 Å². The van der Waals surface area contributed by atoms with Gasteiger partial charge in [-0.25, -0.2) is 4.79 Å². The van der Waals surface area contributed by atoms with E-state index in [2.05, 4.69) is 0 Å². The van der Waals surface area contributed by atoms with Crippen molar-refractivity contribution in [1.82, 2.24) is 10.6 Å². The van der Waals surface area contributed by atoms with Crippen LogP contribution in [0, 0.1) is 6.92 Å². The minimum absolute atomic E-state index is 0.229. The number of aryl methyl sites for hydroxylation is 1. The number of nitrogens with one attached hydrogen (secondary N) is 2. The number of urea groups is 1. The highest BCUT2D eigenvalue weighted by molar-refractivity contribution is 6.21. The molecule has 0 spiro atoms. The number of amides is 4. The highest BCUT2D eigenvalue weighted by Gasteiger charge is 2.53. The molecule has 1 aliphatic rings. The van der Waals surface area contributed by atoms with E-state index in [4.69, 9.17) is 4.42 Å². The van der Waals surface area contributed by atoms with Gasteiger partial charge in [0.1, 0.15) is 5.76 Å². The fraction of sp³-hybridized carbons (Fsp3) is 0.222. The van der Waals surface area contributed by atoms with Gasteiger partial charge < -0.3 is 9.52 Å². The number of carbonyl (C=O) groups excluding carboxylic acids is 3. The maximum absolute atomic E-state index is 11.4. The minimum Gasteiger partial charge on any atom is -0.462 e. The SMILES string of the molecule is Cc1ccc(C2(O)C(=O)NC(=O)NC2=O)o1. The van der Waals surface area contributed by atoms with Gasteiger partial charge in [0, 0.05) is 0 Å². The summed E-state index contributed by atoms with van der Waals surface area (Å²) in [5, 5.41) is 13.5. The van der Waals surface area contributed by atoms with Gasteiger partial charge in [-0.3, -0.25) is 20.2 Å². The molecule has 4 amide bonds. The van der Waals surface area contributed by atoms with Crippen LogP contribution in [-0.4, -0.2) is 23.0 Å². The van der Waals surface area contributed by atoms with Crippen LogP contribution in [0.5, 0.6) is 0 Å². The zero-order chi connectivity index (χ0) is 11.9. The van der Waals surface area contributed by atoms with E-state index in [1.807, 2.05) is 0 Å². The summed E-state index contributed by atoms with van der Waals surface area (Å²) in [6, 6.07) is 1.82. The Hall–Kier alpha value is -2.15. The summed E-state index contributed by atoms with van der Waals surface area (Å²) >= 11 is 0. The van der Waals surface area contributed by atoms with Crippen molar-refractivity contribution in [3.63, 3.8) is 0 Å². The molecule has 1 aromatic rings. The highest BCUT2D eigenvalue weighted by Crippen LogP contribution is 2.25. The molecule has 7 nitrogen and oxygen atoms in total. The number of hydrogen-bond donors (Lipinski definition) is 3. The van der Waals surface area contributed by atoms with Crippen LogP contribution >= 0.6 is 0 Å². The molecular weight excluding hydrogens is 216 g/mol. The zero-order valence-electron chi connectivity index (χ0n) is 8.23. The lowest BCUT2D eigenvalue weighted by atomic mass is 9.97. The van der Waals surface area contributed by atoms with E-state index in [-0.39, 0.29) is 5.76 Å². The van der Waals surface area contributed by atoms with Gasteiger partial charge in [0.25, 0.3) is 17.4 Å². The molecule has 0 aromatic carbocycles. The molecule has 0 bridgehead atoms. The second kappa shape index (κ2) is 3.17. The fourth-order valence-corrected chi connectivity index (χ4v) is 1.37. The molecule has 0 saturated carbocycles. The van der Waals surface area contributed by atoms with Crippen molar-refractivity contribution in [2.24, 2.45) is 0 Å². The molecule has 1 aromatic heterocycles. The van der Waals surface area contributed by atoms with E-state index >= 15 is 0 Å². The first-order valence-corrected chi connectivity index (χ1v) is 4.40. The Labute approximate surface area is 89.4 Å². The van der Waals surface area contributed by atoms with Crippen LogP contribution in [0.25, 0.3) is 0 Å². The standard InChI is InChI=1S/C9H8N2O5/c1-4-2-3-5(16-4)9(15)6(12)10-8(14)11-7(9)13/h2-3,15H,1H3,(H2,10,11,12,13,14). The first kappa shape index (κ1) is 10.4. The molecule has 3 N–H and O–H groups in total. The quantitative estimate of drug-likeness (QED) is 0.538. The average Bonchev–Trinajstić information content (AvgIpc) is 2.61. The van der Waals surface area contributed by atoms with Crippen LogP contribution in [0.15, 0.2) is 16.5 Å². The van der Waals surface area contributed by atoms with Gasteiger partial charge >= 0.3 is 6.03 Å². The number of aliphatic hydroxyl groups is 1. The van der Waals surface area contributed by atoms with Crippen molar-refractivity contribution in [3.8, 4) is 0 Å². The number of rotatable bonds is 1. The second-order valence-corrected chi connectivity index (χ2v) is 3.36. The molecule has 0 aliphatic carbocycles. The number of imide groups is 2. The van der Waals surface area contributed by atoms with Crippen molar-refractivity contribution in [3.05, 3.63) is 23.7 Å². The zero-order valence-corrected chi connectivity index (χ0v) is 8.23. The van der Waals surface area contributed by atoms with Crippen LogP contribution < -0.4 is 10.6 Å². The Bertz CT molecular complexity index is 470. The molecule has 0 atom stereocenters. The highest BCUT2D eigenvalue weighted by atomic mass is 16.4. The molecule has 84 valence electrons. The van der Waals surface area contributed by atoms with Crippen LogP contribution in [0.4, 0.5) is 4.79 Å². The summed E-state index contributed by atoms with van der Waals surface area (Å²) in [7, 11) is 0. The number of hydrogen-bond acceptors (Lipinski definition) is 5. The monoisotopic (exact) mass is 224 g/mol. The molecule has 1 saturated heterocycles. The average molecular weight is 224 g/mol. The Balaban J connectivity index is 2.47.